The largest absolute Gasteiger partial charge is 0.495 e. The predicted octanol–water partition coefficient (Wildman–Crippen LogP) is 2.02. The van der Waals surface area contributed by atoms with Gasteiger partial charge in [-0.05, 0) is 6.07 Å². The van der Waals surface area contributed by atoms with Gasteiger partial charge in [-0.3, -0.25) is 4.79 Å². The van der Waals surface area contributed by atoms with Crippen LogP contribution in [0.5, 0.6) is 11.5 Å². The maximum atomic E-state index is 12.4. The first-order chi connectivity index (χ1) is 10.1. The molecule has 21 heavy (non-hydrogen) atoms. The van der Waals surface area contributed by atoms with Gasteiger partial charge in [0.2, 0.25) is 5.75 Å². The van der Waals surface area contributed by atoms with Gasteiger partial charge in [-0.25, -0.2) is 0 Å². The average molecular weight is 290 g/mol. The molecule has 0 unspecified atom stereocenters. The zero-order chi connectivity index (χ0) is 15.1. The van der Waals surface area contributed by atoms with Gasteiger partial charge in [-0.2, -0.15) is 4.98 Å². The lowest BCUT2D eigenvalue weighted by atomic mass is 10.1. The van der Waals surface area contributed by atoms with Crippen molar-refractivity contribution in [3.63, 3.8) is 0 Å². The summed E-state index contributed by atoms with van der Waals surface area (Å²) in [4.78, 5) is 17.9. The Kier molecular flexibility index (Phi) is 2.97. The van der Waals surface area contributed by atoms with Crippen molar-refractivity contribution >= 4 is 28.0 Å². The quantitative estimate of drug-likeness (QED) is 0.730. The Bertz CT molecular complexity index is 878. The number of hydrogen-bond acceptors (Lipinski definition) is 7. The van der Waals surface area contributed by atoms with E-state index in [2.05, 4.69) is 4.98 Å². The lowest BCUT2D eigenvalue weighted by Crippen LogP contribution is -2.17. The highest BCUT2D eigenvalue weighted by atomic mass is 16.5. The van der Waals surface area contributed by atoms with Crippen LogP contribution in [-0.4, -0.2) is 33.3 Å². The average Bonchev–Trinajstić information content (AvgIpc) is 2.93. The smallest absolute Gasteiger partial charge is 0.300 e. The van der Waals surface area contributed by atoms with Crippen LogP contribution in [-0.2, 0) is 0 Å². The number of fused-ring (bicyclic) bond motifs is 2. The molecular weight excluding hydrogens is 276 g/mol. The first-order valence-corrected chi connectivity index (χ1v) is 6.21. The minimum absolute atomic E-state index is 0.179. The van der Waals surface area contributed by atoms with Crippen LogP contribution in [0.25, 0.3) is 21.9 Å². The molecule has 0 aliphatic heterocycles. The highest BCUT2D eigenvalue weighted by Gasteiger charge is 2.23. The standard InChI is InChI=1S/C14H14N2O5/c1-16(2)14-15-13(17)8-9(18-3)7-5-6-20-10(7)12(19-4)11(8)21-14/h5-6H,1-4H3. The second kappa shape index (κ2) is 4.69. The summed E-state index contributed by atoms with van der Waals surface area (Å²) in [7, 11) is 6.42. The Morgan fingerprint density at radius 3 is 2.48 bits per heavy atom. The minimum atomic E-state index is -0.446. The van der Waals surface area contributed by atoms with Crippen molar-refractivity contribution in [2.45, 2.75) is 0 Å². The Balaban J connectivity index is 2.59. The number of ether oxygens (including phenoxy) is 2. The maximum absolute atomic E-state index is 12.4. The molecule has 1 aromatic carbocycles. The van der Waals surface area contributed by atoms with Gasteiger partial charge in [0.05, 0.1) is 25.9 Å². The van der Waals surface area contributed by atoms with Crippen molar-refractivity contribution in [3.05, 3.63) is 22.7 Å². The van der Waals surface area contributed by atoms with Crippen LogP contribution in [0.3, 0.4) is 0 Å². The third kappa shape index (κ3) is 1.81. The zero-order valence-corrected chi connectivity index (χ0v) is 12.1. The molecule has 3 aromatic rings. The highest BCUT2D eigenvalue weighted by Crippen LogP contribution is 2.42. The predicted molar refractivity (Wildman–Crippen MR) is 77.5 cm³/mol. The normalized spacial score (nSPS) is 11.0. The van der Waals surface area contributed by atoms with Gasteiger partial charge in [-0.15, -0.1) is 0 Å². The van der Waals surface area contributed by atoms with Crippen molar-refractivity contribution in [1.29, 1.82) is 0 Å². The Labute approximate surface area is 119 Å². The van der Waals surface area contributed by atoms with Crippen LogP contribution in [0.2, 0.25) is 0 Å². The van der Waals surface area contributed by atoms with Crippen molar-refractivity contribution in [3.8, 4) is 11.5 Å². The minimum Gasteiger partial charge on any atom is -0.495 e. The molecule has 0 aliphatic carbocycles. The SMILES string of the molecule is COc1c2occc2c(OC)c2c(=O)nc(N(C)C)oc12. The van der Waals surface area contributed by atoms with Crippen LogP contribution in [0, 0.1) is 0 Å². The number of rotatable bonds is 3. The van der Waals surface area contributed by atoms with E-state index in [1.165, 1.54) is 20.5 Å². The second-order valence-corrected chi connectivity index (χ2v) is 4.63. The first kappa shape index (κ1) is 13.3. The molecular formula is C14H14N2O5. The van der Waals surface area contributed by atoms with Crippen LogP contribution in [0.15, 0.2) is 26.0 Å². The second-order valence-electron chi connectivity index (χ2n) is 4.63. The molecule has 7 heteroatoms. The van der Waals surface area contributed by atoms with Gasteiger partial charge >= 0.3 is 6.01 Å². The van der Waals surface area contributed by atoms with Gasteiger partial charge in [0.25, 0.3) is 5.56 Å². The Morgan fingerprint density at radius 2 is 1.86 bits per heavy atom. The number of methoxy groups -OCH3 is 2. The number of furan rings is 1. The summed E-state index contributed by atoms with van der Waals surface area (Å²) in [5.74, 6) is 0.703. The molecule has 110 valence electrons. The van der Waals surface area contributed by atoms with E-state index < -0.39 is 5.56 Å². The summed E-state index contributed by atoms with van der Waals surface area (Å²) >= 11 is 0. The Morgan fingerprint density at radius 1 is 1.14 bits per heavy atom. The van der Waals surface area contributed by atoms with Crippen molar-refractivity contribution in [2.24, 2.45) is 0 Å². The summed E-state index contributed by atoms with van der Waals surface area (Å²) in [5, 5.41) is 0.863. The number of anilines is 1. The molecule has 0 radical (unpaired) electrons. The molecule has 0 amide bonds. The van der Waals surface area contributed by atoms with Gasteiger partial charge < -0.3 is 23.2 Å². The van der Waals surface area contributed by atoms with Gasteiger partial charge in [0.1, 0.15) is 11.1 Å². The number of aromatic nitrogens is 1. The third-order valence-electron chi connectivity index (χ3n) is 3.17. The zero-order valence-electron chi connectivity index (χ0n) is 12.1. The number of nitrogens with zero attached hydrogens (tertiary/aromatic N) is 2. The van der Waals surface area contributed by atoms with Gasteiger partial charge in [0.15, 0.2) is 11.2 Å². The molecule has 3 rings (SSSR count). The van der Waals surface area contributed by atoms with Crippen LogP contribution >= 0.6 is 0 Å². The summed E-state index contributed by atoms with van der Waals surface area (Å²) in [6, 6.07) is 1.88. The third-order valence-corrected chi connectivity index (χ3v) is 3.17. The molecule has 0 N–H and O–H groups in total. The highest BCUT2D eigenvalue weighted by molar-refractivity contribution is 6.06. The van der Waals surface area contributed by atoms with Crippen molar-refractivity contribution in [2.75, 3.05) is 33.2 Å². The van der Waals surface area contributed by atoms with Gasteiger partial charge in [-0.1, -0.05) is 0 Å². The molecule has 0 aliphatic rings. The monoisotopic (exact) mass is 290 g/mol. The fourth-order valence-electron chi connectivity index (χ4n) is 2.26. The van der Waals surface area contributed by atoms with Crippen LogP contribution < -0.4 is 19.9 Å². The van der Waals surface area contributed by atoms with E-state index in [4.69, 9.17) is 18.3 Å². The summed E-state index contributed by atoms with van der Waals surface area (Å²) in [6.45, 7) is 0. The molecule has 0 saturated heterocycles. The molecule has 0 saturated carbocycles. The Hall–Kier alpha value is -2.70. The van der Waals surface area contributed by atoms with Crippen molar-refractivity contribution in [1.82, 2.24) is 4.98 Å². The fraction of sp³-hybridized carbons (Fsp3) is 0.286. The lowest BCUT2D eigenvalue weighted by Gasteiger charge is -2.13. The molecule has 0 fully saturated rings. The van der Waals surface area contributed by atoms with E-state index in [0.717, 1.165) is 0 Å². The van der Waals surface area contributed by atoms with E-state index in [1.54, 1.807) is 25.1 Å². The van der Waals surface area contributed by atoms with Crippen LogP contribution in [0.4, 0.5) is 6.01 Å². The molecule has 0 bridgehead atoms. The molecule has 0 spiro atoms. The molecule has 0 atom stereocenters. The first-order valence-electron chi connectivity index (χ1n) is 6.21. The summed E-state index contributed by atoms with van der Waals surface area (Å²) < 4.78 is 21.8. The topological polar surface area (TPSA) is 77.9 Å². The summed E-state index contributed by atoms with van der Waals surface area (Å²) in [6.07, 6.45) is 1.50. The van der Waals surface area contributed by atoms with E-state index in [0.29, 0.717) is 22.5 Å². The van der Waals surface area contributed by atoms with E-state index >= 15 is 0 Å². The van der Waals surface area contributed by atoms with Gasteiger partial charge in [0, 0.05) is 14.1 Å². The maximum Gasteiger partial charge on any atom is 0.300 e. The fourth-order valence-corrected chi connectivity index (χ4v) is 2.26. The molecule has 7 nitrogen and oxygen atoms in total. The van der Waals surface area contributed by atoms with Crippen LogP contribution in [0.1, 0.15) is 0 Å². The molecule has 2 aromatic heterocycles. The number of hydrogen-bond donors (Lipinski definition) is 0. The van der Waals surface area contributed by atoms with E-state index in [-0.39, 0.29) is 17.0 Å². The van der Waals surface area contributed by atoms with E-state index in [1.807, 2.05) is 0 Å². The lowest BCUT2D eigenvalue weighted by molar-refractivity contribution is 0.399. The molecule has 2 heterocycles. The number of benzene rings is 1. The van der Waals surface area contributed by atoms with Crippen molar-refractivity contribution < 1.29 is 18.3 Å². The summed E-state index contributed by atoms with van der Waals surface area (Å²) in [5.41, 5.74) is 0.264. The van der Waals surface area contributed by atoms with E-state index in [9.17, 15) is 4.79 Å².